The van der Waals surface area contributed by atoms with Gasteiger partial charge in [0.15, 0.2) is 0 Å². The molecule has 2 aliphatic heterocycles. The van der Waals surface area contributed by atoms with Gasteiger partial charge in [-0.05, 0) is 50.3 Å². The van der Waals surface area contributed by atoms with Crippen LogP contribution in [0, 0.1) is 0 Å². The molecule has 0 aromatic heterocycles. The number of fused-ring (bicyclic) bond motifs is 2. The fourth-order valence-corrected chi connectivity index (χ4v) is 5.09. The van der Waals surface area contributed by atoms with Crippen molar-refractivity contribution < 1.29 is 39.6 Å². The van der Waals surface area contributed by atoms with E-state index in [1.165, 1.54) is 47.3 Å². The molecule has 0 aliphatic carbocycles. The Hall–Kier alpha value is -3.84. The Morgan fingerprint density at radius 2 is 1.27 bits per heavy atom. The largest absolute Gasteiger partial charge is 0.478 e. The minimum atomic E-state index is -1.26. The van der Waals surface area contributed by atoms with Crippen molar-refractivity contribution in [3.63, 3.8) is 0 Å². The number of rotatable bonds is 8. The number of anilines is 2. The van der Waals surface area contributed by atoms with E-state index in [0.29, 0.717) is 24.3 Å². The third-order valence-electron chi connectivity index (χ3n) is 5.78. The molecule has 2 heterocycles. The van der Waals surface area contributed by atoms with Gasteiger partial charge >= 0.3 is 23.9 Å². The molecule has 0 bridgehead atoms. The van der Waals surface area contributed by atoms with Crippen molar-refractivity contribution in [2.75, 3.05) is 51.2 Å². The van der Waals surface area contributed by atoms with Crippen LogP contribution < -0.4 is 4.90 Å². The molecule has 0 spiro atoms. The number of hydrogen-bond acceptors (Lipinski definition) is 8. The average molecular weight is 606 g/mol. The molecule has 0 amide bonds. The number of carbonyl (C=O) groups is 4. The van der Waals surface area contributed by atoms with E-state index in [1.807, 2.05) is 17.8 Å². The van der Waals surface area contributed by atoms with Crippen LogP contribution in [0.4, 0.5) is 11.4 Å². The molecule has 41 heavy (non-hydrogen) atoms. The highest BCUT2D eigenvalue weighted by Gasteiger charge is 2.23. The van der Waals surface area contributed by atoms with Crippen LogP contribution >= 0.6 is 23.4 Å². The minimum absolute atomic E-state index is 0.558. The van der Waals surface area contributed by atoms with E-state index in [-0.39, 0.29) is 0 Å². The maximum absolute atomic E-state index is 9.55. The van der Waals surface area contributed by atoms with Crippen molar-refractivity contribution >= 4 is 58.6 Å². The van der Waals surface area contributed by atoms with Gasteiger partial charge in [0, 0.05) is 71.8 Å². The number of carboxylic acids is 4. The van der Waals surface area contributed by atoms with E-state index < -0.39 is 23.9 Å². The third-order valence-corrected chi connectivity index (χ3v) is 7.14. The Labute approximate surface area is 246 Å². The number of halogens is 1. The highest BCUT2D eigenvalue weighted by molar-refractivity contribution is 7.99. The van der Waals surface area contributed by atoms with E-state index in [4.69, 9.17) is 32.0 Å². The molecule has 0 unspecified atom stereocenters. The van der Waals surface area contributed by atoms with Crippen molar-refractivity contribution in [1.82, 2.24) is 9.80 Å². The maximum atomic E-state index is 9.55. The van der Waals surface area contributed by atoms with E-state index in [9.17, 15) is 19.2 Å². The number of aliphatic carboxylic acids is 4. The van der Waals surface area contributed by atoms with Gasteiger partial charge < -0.3 is 35.1 Å². The standard InChI is InChI=1S/C20H24ClN3S.2C4H4O4/c1-22-11-13-23(14-12-22)9-4-10-24-17-5-2-3-6-19(17)25-20-8-7-16(21)15-18(20)24;2*5-3(6)1-2-4(7)8/h2-3,5-8,15H,4,9-14H2,1H3;2*1-2H,(H,5,6)(H,7,8)/b;2*2-1-. The molecule has 0 radical (unpaired) electrons. The Morgan fingerprint density at radius 1 is 0.756 bits per heavy atom. The SMILES string of the molecule is CN1CCN(CCCN2c3ccccc3Sc3ccc(Cl)cc32)CC1.O=C(O)/C=C\C(=O)O.O=C(O)/C=C\C(=O)O. The molecule has 2 aliphatic rings. The molecule has 11 nitrogen and oxygen atoms in total. The molecule has 220 valence electrons. The maximum Gasteiger partial charge on any atom is 0.328 e. The smallest absolute Gasteiger partial charge is 0.328 e. The molecule has 4 rings (SSSR count). The quantitative estimate of drug-likeness (QED) is 0.321. The molecular formula is C28H32ClN3O8S. The summed E-state index contributed by atoms with van der Waals surface area (Å²) < 4.78 is 0. The lowest BCUT2D eigenvalue weighted by Crippen LogP contribution is -2.45. The molecule has 1 saturated heterocycles. The summed E-state index contributed by atoms with van der Waals surface area (Å²) in [4.78, 5) is 48.3. The summed E-state index contributed by atoms with van der Waals surface area (Å²) in [5.41, 5.74) is 2.55. The Balaban J connectivity index is 0.000000304. The number of benzene rings is 2. The Bertz CT molecular complexity index is 1210. The van der Waals surface area contributed by atoms with Crippen molar-refractivity contribution in [2.24, 2.45) is 0 Å². The van der Waals surface area contributed by atoms with Crippen LogP contribution in [-0.4, -0.2) is 100 Å². The number of para-hydroxylation sites is 1. The van der Waals surface area contributed by atoms with Crippen molar-refractivity contribution in [2.45, 2.75) is 16.2 Å². The van der Waals surface area contributed by atoms with Crippen LogP contribution in [-0.2, 0) is 19.2 Å². The van der Waals surface area contributed by atoms with E-state index in [2.05, 4.69) is 58.1 Å². The van der Waals surface area contributed by atoms with Gasteiger partial charge in [0.1, 0.15) is 0 Å². The predicted octanol–water partition coefficient (Wildman–Crippen LogP) is 4.00. The van der Waals surface area contributed by atoms with Gasteiger partial charge in [-0.25, -0.2) is 19.2 Å². The second kappa shape index (κ2) is 17.1. The first-order chi connectivity index (χ1) is 19.5. The Morgan fingerprint density at radius 3 is 1.80 bits per heavy atom. The fraction of sp³-hybridized carbons (Fsp3) is 0.286. The number of carboxylic acid groups (broad SMARTS) is 4. The summed E-state index contributed by atoms with van der Waals surface area (Å²) in [5, 5.41) is 32.1. The molecule has 1 fully saturated rings. The molecule has 0 saturated carbocycles. The van der Waals surface area contributed by atoms with Gasteiger partial charge in [-0.15, -0.1) is 0 Å². The molecule has 2 aromatic carbocycles. The van der Waals surface area contributed by atoms with Crippen molar-refractivity contribution in [3.8, 4) is 0 Å². The third kappa shape index (κ3) is 12.5. The monoisotopic (exact) mass is 605 g/mol. The van der Waals surface area contributed by atoms with Gasteiger partial charge in [0.2, 0.25) is 0 Å². The van der Waals surface area contributed by atoms with Crippen LogP contribution in [0.5, 0.6) is 0 Å². The number of hydrogen-bond donors (Lipinski definition) is 4. The van der Waals surface area contributed by atoms with Gasteiger partial charge in [0.25, 0.3) is 0 Å². The fourth-order valence-electron chi connectivity index (χ4n) is 3.85. The van der Waals surface area contributed by atoms with Crippen LogP contribution in [0.3, 0.4) is 0 Å². The second-order valence-corrected chi connectivity index (χ2v) is 10.4. The normalized spacial score (nSPS) is 14.7. The minimum Gasteiger partial charge on any atom is -0.478 e. The van der Waals surface area contributed by atoms with Crippen molar-refractivity contribution in [3.05, 3.63) is 71.8 Å². The highest BCUT2D eigenvalue weighted by Crippen LogP contribution is 2.48. The zero-order chi connectivity index (χ0) is 30.4. The van der Waals surface area contributed by atoms with E-state index in [0.717, 1.165) is 24.5 Å². The molecular weight excluding hydrogens is 574 g/mol. The van der Waals surface area contributed by atoms with Gasteiger partial charge in [-0.3, -0.25) is 0 Å². The van der Waals surface area contributed by atoms with Gasteiger partial charge in [-0.2, -0.15) is 0 Å². The first kappa shape index (κ1) is 33.4. The lowest BCUT2D eigenvalue weighted by Gasteiger charge is -2.35. The predicted molar refractivity (Wildman–Crippen MR) is 156 cm³/mol. The number of likely N-dealkylation sites (N-methyl/N-ethyl adjacent to an activating group) is 1. The van der Waals surface area contributed by atoms with Crippen LogP contribution in [0.2, 0.25) is 5.02 Å². The summed E-state index contributed by atoms with van der Waals surface area (Å²) in [5.74, 6) is -5.03. The summed E-state index contributed by atoms with van der Waals surface area (Å²) >= 11 is 8.13. The topological polar surface area (TPSA) is 159 Å². The van der Waals surface area contributed by atoms with Gasteiger partial charge in [-0.1, -0.05) is 35.5 Å². The summed E-state index contributed by atoms with van der Waals surface area (Å²) in [6.45, 7) is 6.92. The molecule has 4 N–H and O–H groups in total. The number of piperazine rings is 1. The lowest BCUT2D eigenvalue weighted by atomic mass is 10.2. The van der Waals surface area contributed by atoms with Crippen LogP contribution in [0.15, 0.2) is 76.6 Å². The summed E-state index contributed by atoms with van der Waals surface area (Å²) in [6.07, 6.45) is 3.39. The summed E-state index contributed by atoms with van der Waals surface area (Å²) in [6, 6.07) is 14.9. The molecule has 13 heteroatoms. The zero-order valence-electron chi connectivity index (χ0n) is 22.4. The van der Waals surface area contributed by atoms with E-state index in [1.54, 1.807) is 0 Å². The number of nitrogens with zero attached hydrogens (tertiary/aromatic N) is 3. The van der Waals surface area contributed by atoms with Gasteiger partial charge in [0.05, 0.1) is 11.4 Å². The van der Waals surface area contributed by atoms with Crippen LogP contribution in [0.1, 0.15) is 6.42 Å². The van der Waals surface area contributed by atoms with E-state index >= 15 is 0 Å². The molecule has 0 atom stereocenters. The lowest BCUT2D eigenvalue weighted by molar-refractivity contribution is -0.134. The summed E-state index contributed by atoms with van der Waals surface area (Å²) in [7, 11) is 2.21. The average Bonchev–Trinajstić information content (AvgIpc) is 2.92. The Kier molecular flexibility index (Phi) is 13.9. The second-order valence-electron chi connectivity index (χ2n) is 8.85. The highest BCUT2D eigenvalue weighted by atomic mass is 35.5. The van der Waals surface area contributed by atoms with Crippen LogP contribution in [0.25, 0.3) is 0 Å². The first-order valence-electron chi connectivity index (χ1n) is 12.5. The zero-order valence-corrected chi connectivity index (χ0v) is 23.9. The molecule has 2 aromatic rings. The first-order valence-corrected chi connectivity index (χ1v) is 13.7. The van der Waals surface area contributed by atoms with Crippen molar-refractivity contribution in [1.29, 1.82) is 0 Å².